The van der Waals surface area contributed by atoms with Gasteiger partial charge in [0.25, 0.3) is 0 Å². The van der Waals surface area contributed by atoms with Crippen LogP contribution in [0.5, 0.6) is 0 Å². The molecule has 1 aliphatic heterocycles. The number of hydrogen-bond acceptors (Lipinski definition) is 4. The molecule has 2 rings (SSSR count). The number of rotatable bonds is 3. The van der Waals surface area contributed by atoms with E-state index in [-0.39, 0.29) is 28.8 Å². The maximum Gasteiger partial charge on any atom is 0.248 e. The van der Waals surface area contributed by atoms with Crippen molar-refractivity contribution in [1.82, 2.24) is 5.32 Å². The number of benzene rings is 1. The van der Waals surface area contributed by atoms with Gasteiger partial charge in [-0.25, -0.2) is 4.39 Å². The third-order valence-corrected chi connectivity index (χ3v) is 4.19. The van der Waals surface area contributed by atoms with Gasteiger partial charge in [-0.1, -0.05) is 0 Å². The van der Waals surface area contributed by atoms with Crippen molar-refractivity contribution in [3.63, 3.8) is 0 Å². The van der Waals surface area contributed by atoms with E-state index in [4.69, 9.17) is 5.73 Å². The molecule has 1 heterocycles. The van der Waals surface area contributed by atoms with Crippen LogP contribution in [0.15, 0.2) is 12.1 Å². The first kappa shape index (κ1) is 14.8. The van der Waals surface area contributed by atoms with Gasteiger partial charge in [0.05, 0.1) is 6.04 Å². The summed E-state index contributed by atoms with van der Waals surface area (Å²) in [6.07, 6.45) is 0. The lowest BCUT2D eigenvalue weighted by atomic mass is 10.1. The first-order chi connectivity index (χ1) is 9.49. The molecule has 1 aromatic rings. The average Bonchev–Trinajstić information content (AvgIpc) is 2.44. The average molecular weight is 297 g/mol. The van der Waals surface area contributed by atoms with Crippen LogP contribution < -0.4 is 16.4 Å². The van der Waals surface area contributed by atoms with E-state index in [0.717, 1.165) is 18.4 Å². The zero-order chi connectivity index (χ0) is 14.7. The van der Waals surface area contributed by atoms with Crippen LogP contribution in [-0.2, 0) is 4.79 Å². The molecule has 1 aliphatic rings. The van der Waals surface area contributed by atoms with Crippen molar-refractivity contribution >= 4 is 29.3 Å². The van der Waals surface area contributed by atoms with E-state index in [0.29, 0.717) is 5.75 Å². The van der Waals surface area contributed by atoms with E-state index in [1.165, 1.54) is 6.07 Å². The lowest BCUT2D eigenvalue weighted by molar-refractivity contribution is -0.117. The quantitative estimate of drug-likeness (QED) is 0.773. The highest BCUT2D eigenvalue weighted by Crippen LogP contribution is 2.21. The van der Waals surface area contributed by atoms with Gasteiger partial charge in [0.2, 0.25) is 11.8 Å². The van der Waals surface area contributed by atoms with Gasteiger partial charge >= 0.3 is 0 Å². The second-order valence-electron chi connectivity index (χ2n) is 4.57. The Bertz CT molecular complexity index is 545. The van der Waals surface area contributed by atoms with Gasteiger partial charge < -0.3 is 16.4 Å². The zero-order valence-corrected chi connectivity index (χ0v) is 11.8. The number of amides is 2. The lowest BCUT2D eigenvalue weighted by Gasteiger charge is -2.22. The molecule has 1 saturated heterocycles. The molecule has 0 bridgehead atoms. The lowest BCUT2D eigenvalue weighted by Crippen LogP contribution is -2.46. The highest BCUT2D eigenvalue weighted by Gasteiger charge is 2.22. The number of carbonyl (C=O) groups is 2. The van der Waals surface area contributed by atoms with Crippen LogP contribution in [0.2, 0.25) is 0 Å². The largest absolute Gasteiger partial charge is 0.366 e. The summed E-state index contributed by atoms with van der Waals surface area (Å²) in [5.74, 6) is 0.104. The minimum atomic E-state index is -0.731. The van der Waals surface area contributed by atoms with Crippen LogP contribution in [0.25, 0.3) is 0 Å². The van der Waals surface area contributed by atoms with Crippen molar-refractivity contribution in [3.05, 3.63) is 29.1 Å². The maximum atomic E-state index is 13.7. The smallest absolute Gasteiger partial charge is 0.248 e. The van der Waals surface area contributed by atoms with Crippen molar-refractivity contribution in [2.24, 2.45) is 5.73 Å². The van der Waals surface area contributed by atoms with E-state index in [9.17, 15) is 14.0 Å². The van der Waals surface area contributed by atoms with Gasteiger partial charge in [0.1, 0.15) is 5.82 Å². The minimum absolute atomic E-state index is 0.0365. The van der Waals surface area contributed by atoms with Gasteiger partial charge in [-0.3, -0.25) is 9.59 Å². The van der Waals surface area contributed by atoms with Gasteiger partial charge in [0, 0.05) is 34.9 Å². The fraction of sp³-hybridized carbons (Fsp3) is 0.385. The number of primary amides is 1. The van der Waals surface area contributed by atoms with Crippen LogP contribution >= 0.6 is 11.8 Å². The minimum Gasteiger partial charge on any atom is -0.366 e. The molecular formula is C13H16FN3O2S. The molecule has 4 N–H and O–H groups in total. The third kappa shape index (κ3) is 3.29. The number of halogens is 1. The SMILES string of the molecule is Cc1c(F)cc(C(N)=O)cc1NC(=O)C1CSCCN1. The molecule has 1 unspecified atom stereocenters. The van der Waals surface area contributed by atoms with Gasteiger partial charge in [-0.05, 0) is 19.1 Å². The van der Waals surface area contributed by atoms with Crippen molar-refractivity contribution in [2.75, 3.05) is 23.4 Å². The van der Waals surface area contributed by atoms with Crippen molar-refractivity contribution < 1.29 is 14.0 Å². The first-order valence-electron chi connectivity index (χ1n) is 6.21. The topological polar surface area (TPSA) is 84.2 Å². The van der Waals surface area contributed by atoms with Crippen LogP contribution in [0.4, 0.5) is 10.1 Å². The van der Waals surface area contributed by atoms with Crippen molar-refractivity contribution in [1.29, 1.82) is 0 Å². The zero-order valence-electron chi connectivity index (χ0n) is 11.0. The summed E-state index contributed by atoms with van der Waals surface area (Å²) in [5.41, 5.74) is 5.74. The van der Waals surface area contributed by atoms with Crippen LogP contribution in [0.1, 0.15) is 15.9 Å². The fourth-order valence-corrected chi connectivity index (χ4v) is 2.84. The van der Waals surface area contributed by atoms with E-state index in [1.807, 2.05) is 0 Å². The number of hydrogen-bond donors (Lipinski definition) is 3. The molecule has 5 nitrogen and oxygen atoms in total. The summed E-state index contributed by atoms with van der Waals surface area (Å²) in [4.78, 5) is 23.2. The molecule has 2 amide bonds. The van der Waals surface area contributed by atoms with Gasteiger partial charge in [0.15, 0.2) is 0 Å². The summed E-state index contributed by atoms with van der Waals surface area (Å²) >= 11 is 1.69. The number of nitrogens with two attached hydrogens (primary N) is 1. The number of thioether (sulfide) groups is 1. The molecule has 0 aliphatic carbocycles. The Morgan fingerprint density at radius 1 is 1.50 bits per heavy atom. The normalized spacial score (nSPS) is 18.6. The van der Waals surface area contributed by atoms with Crippen LogP contribution in [-0.4, -0.2) is 35.9 Å². The van der Waals surface area contributed by atoms with Crippen LogP contribution in [0, 0.1) is 12.7 Å². The maximum absolute atomic E-state index is 13.7. The fourth-order valence-electron chi connectivity index (χ4n) is 1.90. The molecule has 20 heavy (non-hydrogen) atoms. The van der Waals surface area contributed by atoms with E-state index >= 15 is 0 Å². The molecule has 0 saturated carbocycles. The summed E-state index contributed by atoms with van der Waals surface area (Å²) in [7, 11) is 0. The van der Waals surface area contributed by atoms with Crippen molar-refractivity contribution in [3.8, 4) is 0 Å². The Kier molecular flexibility index (Phi) is 4.61. The summed E-state index contributed by atoms with van der Waals surface area (Å²) in [6, 6.07) is 2.16. The molecule has 0 spiro atoms. The number of anilines is 1. The summed E-state index contributed by atoms with van der Waals surface area (Å²) in [6.45, 7) is 2.30. The van der Waals surface area contributed by atoms with Gasteiger partial charge in [-0.2, -0.15) is 11.8 Å². The number of nitrogens with one attached hydrogen (secondary N) is 2. The molecule has 1 atom stereocenters. The summed E-state index contributed by atoms with van der Waals surface area (Å²) < 4.78 is 13.7. The predicted molar refractivity (Wildman–Crippen MR) is 77.4 cm³/mol. The molecule has 7 heteroatoms. The molecular weight excluding hydrogens is 281 g/mol. The monoisotopic (exact) mass is 297 g/mol. The molecule has 0 radical (unpaired) electrons. The van der Waals surface area contributed by atoms with E-state index < -0.39 is 11.7 Å². The van der Waals surface area contributed by atoms with Crippen molar-refractivity contribution in [2.45, 2.75) is 13.0 Å². The predicted octanol–water partition coefficient (Wildman–Crippen LogP) is 0.877. The number of carbonyl (C=O) groups excluding carboxylic acids is 2. The first-order valence-corrected chi connectivity index (χ1v) is 7.36. The Morgan fingerprint density at radius 2 is 2.25 bits per heavy atom. The molecule has 108 valence electrons. The Labute approximate surface area is 120 Å². The third-order valence-electron chi connectivity index (χ3n) is 3.12. The standard InChI is InChI=1S/C13H16FN3O2S/c1-7-9(14)4-8(12(15)18)5-10(7)17-13(19)11-6-20-3-2-16-11/h4-5,11,16H,2-3,6H2,1H3,(H2,15,18)(H,17,19). The molecule has 1 aromatic carbocycles. The molecule has 1 fully saturated rings. The molecule has 0 aromatic heterocycles. The highest BCUT2D eigenvalue weighted by molar-refractivity contribution is 7.99. The Hall–Kier alpha value is -1.60. The van der Waals surface area contributed by atoms with Gasteiger partial charge in [-0.15, -0.1) is 0 Å². The second-order valence-corrected chi connectivity index (χ2v) is 5.72. The Balaban J connectivity index is 2.19. The van der Waals surface area contributed by atoms with E-state index in [1.54, 1.807) is 18.7 Å². The Morgan fingerprint density at radius 3 is 2.85 bits per heavy atom. The van der Waals surface area contributed by atoms with E-state index in [2.05, 4.69) is 10.6 Å². The second kappa shape index (κ2) is 6.23. The highest BCUT2D eigenvalue weighted by atomic mass is 32.2. The van der Waals surface area contributed by atoms with Crippen LogP contribution in [0.3, 0.4) is 0 Å². The summed E-state index contributed by atoms with van der Waals surface area (Å²) in [5, 5.41) is 5.75.